The van der Waals surface area contributed by atoms with Crippen molar-refractivity contribution in [3.05, 3.63) is 341 Å². The first-order chi connectivity index (χ1) is 60.9. The summed E-state index contributed by atoms with van der Waals surface area (Å²) in [5.74, 6) is -9.48. The lowest BCUT2D eigenvalue weighted by molar-refractivity contribution is -0.143. The molecule has 6 N–H and O–H groups in total. The number of carboxylic acids is 3. The molecule has 0 fully saturated rings. The van der Waals surface area contributed by atoms with Gasteiger partial charge in [-0.15, -0.1) is 0 Å². The lowest BCUT2D eigenvalue weighted by atomic mass is 9.83. The van der Waals surface area contributed by atoms with Gasteiger partial charge in [0.1, 0.15) is 0 Å². The molecule has 0 saturated carbocycles. The Labute approximate surface area is 746 Å². The molecule has 3 amide bonds. The molecule has 664 valence electrons. The zero-order valence-electron chi connectivity index (χ0n) is 70.5. The van der Waals surface area contributed by atoms with Crippen LogP contribution in [0.1, 0.15) is 285 Å². The van der Waals surface area contributed by atoms with Gasteiger partial charge >= 0.3 is 30.3 Å². The number of halogens is 8. The van der Waals surface area contributed by atoms with Crippen LogP contribution in [0.2, 0.25) is 10.0 Å². The van der Waals surface area contributed by atoms with Gasteiger partial charge in [0, 0.05) is 98.2 Å². The summed E-state index contributed by atoms with van der Waals surface area (Å²) in [5.41, 5.74) is 7.98. The molecule has 12 rings (SSSR count). The van der Waals surface area contributed by atoms with Crippen LogP contribution in [0.25, 0.3) is 22.3 Å². The number of carbonyl (C=O) groups is 12. The molecule has 3 aliphatic rings. The number of carboxylic acid groups (broad SMARTS) is 3. The molecule has 0 aliphatic heterocycles. The Hall–Kier alpha value is -13.1. The van der Waals surface area contributed by atoms with Crippen LogP contribution in [0.5, 0.6) is 0 Å². The van der Waals surface area contributed by atoms with Crippen molar-refractivity contribution in [1.29, 1.82) is 0 Å². The van der Waals surface area contributed by atoms with E-state index in [1.807, 2.05) is 60.7 Å². The molecule has 2 atom stereocenters. The monoisotopic (exact) mass is 1790 g/mol. The van der Waals surface area contributed by atoms with Crippen molar-refractivity contribution >= 4 is 116 Å². The Morgan fingerprint density at radius 2 is 0.672 bits per heavy atom. The first-order valence-electron chi connectivity index (χ1n) is 41.9. The summed E-state index contributed by atoms with van der Waals surface area (Å²) in [6, 6.07) is 52.5. The molecule has 0 radical (unpaired) electrons. The minimum Gasteiger partial charge on any atom is -0.481 e. The van der Waals surface area contributed by atoms with Gasteiger partial charge in [-0.2, -0.15) is 26.3 Å². The molecule has 128 heavy (non-hydrogen) atoms. The van der Waals surface area contributed by atoms with Crippen LogP contribution in [0.3, 0.4) is 0 Å². The quantitative estimate of drug-likeness (QED) is 0.0130. The molecule has 2 unspecified atom stereocenters. The maximum Gasteiger partial charge on any atom is 0.416 e. The number of rotatable bonds is 32. The lowest BCUT2D eigenvalue weighted by Gasteiger charge is -2.19. The van der Waals surface area contributed by atoms with E-state index in [-0.39, 0.29) is 96.6 Å². The van der Waals surface area contributed by atoms with E-state index in [0.717, 1.165) is 92.0 Å². The van der Waals surface area contributed by atoms with Crippen molar-refractivity contribution in [1.82, 2.24) is 16.0 Å². The first-order valence-corrected chi connectivity index (χ1v) is 42.6. The van der Waals surface area contributed by atoms with Crippen LogP contribution in [-0.4, -0.2) is 105 Å². The molecule has 9 aromatic carbocycles. The topological polar surface area (TPSA) is 302 Å². The van der Waals surface area contributed by atoms with E-state index >= 15 is 0 Å². The number of ketones is 6. The van der Waals surface area contributed by atoms with Crippen LogP contribution in [0.4, 0.5) is 26.3 Å². The summed E-state index contributed by atoms with van der Waals surface area (Å²) in [7, 11) is 0. The van der Waals surface area contributed by atoms with Crippen LogP contribution < -0.4 is 16.0 Å². The third kappa shape index (κ3) is 28.0. The zero-order valence-corrected chi connectivity index (χ0v) is 72.0. The molecule has 0 heterocycles. The second-order valence-corrected chi connectivity index (χ2v) is 33.2. The molecular formula is C102H95Cl2F6N3O15. The fourth-order valence-corrected chi connectivity index (χ4v) is 15.4. The van der Waals surface area contributed by atoms with Crippen LogP contribution >= 0.6 is 23.2 Å². The highest BCUT2D eigenvalue weighted by atomic mass is 35.5. The number of amides is 3. The number of Topliss-reactive ketones (excluding diaryl/α,β-unsaturated/α-hetero) is 5. The summed E-state index contributed by atoms with van der Waals surface area (Å²) in [6.07, 6.45) is 8.95. The van der Waals surface area contributed by atoms with Crippen molar-refractivity contribution < 1.29 is 99.2 Å². The van der Waals surface area contributed by atoms with Crippen molar-refractivity contribution in [2.24, 2.45) is 0 Å². The Morgan fingerprint density at radius 3 is 0.992 bits per heavy atom. The summed E-state index contributed by atoms with van der Waals surface area (Å²) >= 11 is 12.2. The number of allylic oxidation sites excluding steroid dienone is 8. The van der Waals surface area contributed by atoms with E-state index in [4.69, 9.17) is 38.5 Å². The SMILES string of the molecule is CC(C)(C)c1ccc(C(=O)/C=C(\C(=O)c2ccc(C(=O)NCCC(=O)O)cc2)c2ccc(C3=CCCCC3)cc2)cc1.O=C(O)CCNC(=O)c1ccc(C(=O)C(CC(=O)c2cc(C(F)(F)F)cc(C(F)(F)F)c2)c2ccc(C3=CCCCC3)cc2)cc1.O=C(O)CCNC(=O)c1ccc(C(=O)C(CC(=O)c2cc(Cl)cc(Cl)c2)c2ccc(C3=CCCCC3)cc2)cc1. The average molecular weight is 1790 g/mol. The highest BCUT2D eigenvalue weighted by Gasteiger charge is 2.39. The third-order valence-corrected chi connectivity index (χ3v) is 22.5. The van der Waals surface area contributed by atoms with Crippen molar-refractivity contribution in [2.75, 3.05) is 19.6 Å². The van der Waals surface area contributed by atoms with E-state index in [0.29, 0.717) is 72.2 Å². The molecule has 3 aliphatic carbocycles. The van der Waals surface area contributed by atoms with Gasteiger partial charge in [0.05, 0.1) is 42.2 Å². The molecule has 0 spiro atoms. The smallest absolute Gasteiger partial charge is 0.416 e. The van der Waals surface area contributed by atoms with Crippen molar-refractivity contribution in [2.45, 2.75) is 160 Å². The fraction of sp³-hybridized carbons (Fsp3) is 0.275. The van der Waals surface area contributed by atoms with E-state index < -0.39 is 94.5 Å². The van der Waals surface area contributed by atoms with Gasteiger partial charge in [-0.25, -0.2) is 0 Å². The summed E-state index contributed by atoms with van der Waals surface area (Å²) in [6.45, 7) is 6.21. The molecule has 0 bridgehead atoms. The molecular weight excluding hydrogens is 1690 g/mol. The number of alkyl halides is 6. The van der Waals surface area contributed by atoms with Gasteiger partial charge in [-0.1, -0.05) is 196 Å². The molecule has 18 nitrogen and oxygen atoms in total. The predicted octanol–water partition coefficient (Wildman–Crippen LogP) is 22.8. The Balaban J connectivity index is 0.000000200. The van der Waals surface area contributed by atoms with E-state index in [2.05, 4.69) is 54.9 Å². The number of benzene rings is 9. The minimum absolute atomic E-state index is 0.000544. The van der Waals surface area contributed by atoms with Gasteiger partial charge in [0.2, 0.25) is 0 Å². The van der Waals surface area contributed by atoms with Gasteiger partial charge < -0.3 is 31.3 Å². The van der Waals surface area contributed by atoms with Crippen LogP contribution in [-0.2, 0) is 32.2 Å². The standard InChI is InChI=1S/C36H37NO5.C34H29F6NO5.C32H29Cl2NO5/c1-36(2,3)30-19-17-27(18-20-30)32(38)23-31(26-11-9-25(10-12-26)24-7-5-4-6-8-24)34(41)28-13-15-29(16-14-28)35(42)37-22-21-33(39)40;35-33(36,37)26-16-25(17-27(18-26)34(38,39)40)29(42)19-28(22-8-6-21(7-9-22)20-4-2-1-3-5-20)31(45)23-10-12-24(13-11-23)32(46)41-15-14-30(43)44;33-26-16-25(17-27(34)18-26)29(36)19-28(22-8-6-21(7-9-22)20-4-2-1-3-5-20)31(39)23-10-12-24(13-11-23)32(40)35-15-14-30(37)38/h7,9-20,23H,4-6,8,21-22H2,1-3H3,(H,37,42)(H,39,40);4,6-13,16-18,28H,1-3,5,14-15,19H2,(H,41,46)(H,43,44);4,6-13,16-18,28H,1-3,5,14-15,19H2,(H,35,40)(H,37,38)/b31-23-;;. The second-order valence-electron chi connectivity index (χ2n) is 32.3. The van der Waals surface area contributed by atoms with Crippen LogP contribution in [0, 0.1) is 0 Å². The summed E-state index contributed by atoms with van der Waals surface area (Å²) < 4.78 is 80.8. The molecule has 0 saturated heterocycles. The molecule has 26 heteroatoms. The van der Waals surface area contributed by atoms with Gasteiger partial charge in [0.15, 0.2) is 34.7 Å². The maximum atomic E-state index is 13.8. The summed E-state index contributed by atoms with van der Waals surface area (Å²) in [4.78, 5) is 151. The van der Waals surface area contributed by atoms with Gasteiger partial charge in [0.25, 0.3) is 17.7 Å². The van der Waals surface area contributed by atoms with E-state index in [1.165, 1.54) is 90.7 Å². The fourth-order valence-electron chi connectivity index (χ4n) is 14.9. The van der Waals surface area contributed by atoms with Gasteiger partial charge in [-0.05, 0) is 217 Å². The number of aliphatic carboxylic acids is 3. The third-order valence-electron chi connectivity index (χ3n) is 22.0. The van der Waals surface area contributed by atoms with Crippen LogP contribution in [0.15, 0.2) is 231 Å². The largest absolute Gasteiger partial charge is 0.481 e. The number of nitrogens with one attached hydrogen (secondary N) is 3. The van der Waals surface area contributed by atoms with Gasteiger partial charge in [-0.3, -0.25) is 57.5 Å². The normalized spacial score (nSPS) is 13.9. The number of carbonyl (C=O) groups excluding carboxylic acids is 9. The lowest BCUT2D eigenvalue weighted by Crippen LogP contribution is -2.26. The number of hydrogen-bond donors (Lipinski definition) is 6. The van der Waals surface area contributed by atoms with Crippen molar-refractivity contribution in [3.63, 3.8) is 0 Å². The minimum atomic E-state index is -5.16. The Bertz CT molecular complexity index is 5680. The van der Waals surface area contributed by atoms with E-state index in [1.54, 1.807) is 66.7 Å². The van der Waals surface area contributed by atoms with Crippen molar-refractivity contribution in [3.8, 4) is 0 Å². The molecule has 0 aromatic heterocycles. The highest BCUT2D eigenvalue weighted by Crippen LogP contribution is 2.40. The first kappa shape index (κ1) is 97.1. The Kier molecular flexibility index (Phi) is 34.1. The Morgan fingerprint density at radius 1 is 0.359 bits per heavy atom. The van der Waals surface area contributed by atoms with E-state index in [9.17, 15) is 83.9 Å². The summed E-state index contributed by atoms with van der Waals surface area (Å²) in [5, 5.41) is 34.5. The zero-order chi connectivity index (χ0) is 92.6. The maximum absolute atomic E-state index is 13.8. The predicted molar refractivity (Wildman–Crippen MR) is 478 cm³/mol. The molecule has 9 aromatic rings. The average Bonchev–Trinajstić information content (AvgIpc) is 0.793. The number of hydrogen-bond acceptors (Lipinski definition) is 12. The second kappa shape index (κ2) is 44.9. The highest BCUT2D eigenvalue weighted by molar-refractivity contribution is 6.35.